The van der Waals surface area contributed by atoms with Crippen LogP contribution in [0.1, 0.15) is 33.4 Å². The second-order valence-corrected chi connectivity index (χ2v) is 9.33. The van der Waals surface area contributed by atoms with Crippen molar-refractivity contribution in [3.8, 4) is 0 Å². The molecule has 0 unspecified atom stereocenters. The van der Waals surface area contributed by atoms with Gasteiger partial charge in [0.05, 0.1) is 0 Å². The number of benzene rings is 4. The van der Waals surface area contributed by atoms with Crippen molar-refractivity contribution in [2.24, 2.45) is 0 Å². The van der Waals surface area contributed by atoms with Crippen molar-refractivity contribution in [2.45, 2.75) is 27.7 Å². The van der Waals surface area contributed by atoms with Crippen molar-refractivity contribution in [3.63, 3.8) is 0 Å². The number of fused-ring (bicyclic) bond motifs is 3. The van der Waals surface area contributed by atoms with E-state index >= 15 is 0 Å². The van der Waals surface area contributed by atoms with Crippen LogP contribution in [0.15, 0.2) is 84.9 Å². The largest absolute Gasteiger partial charge is 0.0587 e. The molecule has 0 bridgehead atoms. The van der Waals surface area contributed by atoms with Gasteiger partial charge >= 0.3 is 0 Å². The minimum absolute atomic E-state index is 1.29. The highest BCUT2D eigenvalue weighted by molar-refractivity contribution is 6.31. The van der Waals surface area contributed by atoms with Gasteiger partial charge in [-0.3, -0.25) is 0 Å². The van der Waals surface area contributed by atoms with E-state index < -0.39 is 0 Å². The molecule has 0 atom stereocenters. The van der Waals surface area contributed by atoms with E-state index in [0.29, 0.717) is 0 Å². The Morgan fingerprint density at radius 1 is 0.312 bits per heavy atom. The van der Waals surface area contributed by atoms with Crippen molar-refractivity contribution in [1.29, 1.82) is 0 Å². The summed E-state index contributed by atoms with van der Waals surface area (Å²) in [4.78, 5) is 0. The van der Waals surface area contributed by atoms with Crippen LogP contribution in [0.3, 0.4) is 0 Å². The zero-order valence-electron chi connectivity index (χ0n) is 19.1. The molecule has 0 radical (unpaired) electrons. The van der Waals surface area contributed by atoms with Crippen LogP contribution in [0.25, 0.3) is 22.3 Å². The van der Waals surface area contributed by atoms with E-state index in [1.165, 1.54) is 76.5 Å². The Bertz CT molecular complexity index is 1530. The molecule has 2 aliphatic carbocycles. The Kier molecular flexibility index (Phi) is 4.13. The first-order valence-electron chi connectivity index (χ1n) is 11.4. The predicted octanol–water partition coefficient (Wildman–Crippen LogP) is 4.35. The lowest BCUT2D eigenvalue weighted by atomic mass is 9.91. The highest BCUT2D eigenvalue weighted by Crippen LogP contribution is 2.38. The van der Waals surface area contributed by atoms with Gasteiger partial charge < -0.3 is 0 Å². The third-order valence-corrected chi connectivity index (χ3v) is 6.86. The number of hydrogen-bond acceptors (Lipinski definition) is 0. The maximum Gasteiger partial charge on any atom is -0.000763 e. The molecule has 0 spiro atoms. The van der Waals surface area contributed by atoms with E-state index in [0.717, 1.165) is 0 Å². The summed E-state index contributed by atoms with van der Waals surface area (Å²) < 4.78 is 0. The van der Waals surface area contributed by atoms with Crippen LogP contribution in [0.2, 0.25) is 0 Å². The predicted molar refractivity (Wildman–Crippen MR) is 135 cm³/mol. The van der Waals surface area contributed by atoms with Gasteiger partial charge in [-0.05, 0) is 82.0 Å². The monoisotopic (exact) mass is 410 g/mol. The van der Waals surface area contributed by atoms with E-state index in [2.05, 4.69) is 113 Å². The van der Waals surface area contributed by atoms with E-state index in [1.807, 2.05) is 0 Å². The lowest BCUT2D eigenvalue weighted by Gasteiger charge is -2.11. The van der Waals surface area contributed by atoms with Crippen molar-refractivity contribution in [3.05, 3.63) is 139 Å². The molecule has 4 aromatic carbocycles. The molecule has 0 N–H and O–H groups in total. The van der Waals surface area contributed by atoms with Gasteiger partial charge in [-0.25, -0.2) is 0 Å². The lowest BCUT2D eigenvalue weighted by molar-refractivity contribution is 1.38. The fraction of sp³-hybridized carbons (Fsp3) is 0.125. The van der Waals surface area contributed by atoms with Gasteiger partial charge in [0.2, 0.25) is 0 Å². The normalized spacial score (nSPS) is 14.0. The van der Waals surface area contributed by atoms with Gasteiger partial charge in [-0.2, -0.15) is 0 Å². The summed E-state index contributed by atoms with van der Waals surface area (Å²) in [7, 11) is 0. The third-order valence-electron chi connectivity index (χ3n) is 6.86. The summed E-state index contributed by atoms with van der Waals surface area (Å²) >= 11 is 0. The molecule has 0 saturated heterocycles. The standard InChI is InChI=1S/C32H26/c1-19-5-11-23(12-6-19)29-27-17-21(3)9-15-25(27)32-30(24-13-7-20(2)8-14-24)28-18-22(4)10-16-26(28)31(29)32/h5-18H,1-4H3. The van der Waals surface area contributed by atoms with Crippen molar-refractivity contribution in [2.75, 3.05) is 0 Å². The van der Waals surface area contributed by atoms with Crippen LogP contribution in [0, 0.1) is 27.7 Å². The molecule has 0 amide bonds. The molecule has 0 saturated carbocycles. The lowest BCUT2D eigenvalue weighted by Crippen LogP contribution is -2.29. The van der Waals surface area contributed by atoms with Gasteiger partial charge in [-0.1, -0.05) is 107 Å². The molecule has 0 heterocycles. The van der Waals surface area contributed by atoms with Gasteiger partial charge in [-0.15, -0.1) is 0 Å². The molecule has 32 heavy (non-hydrogen) atoms. The molecule has 0 fully saturated rings. The van der Waals surface area contributed by atoms with Crippen LogP contribution in [-0.4, -0.2) is 0 Å². The summed E-state index contributed by atoms with van der Waals surface area (Å²) in [5, 5.41) is 5.42. The number of hydrogen-bond donors (Lipinski definition) is 0. The quantitative estimate of drug-likeness (QED) is 0.461. The highest BCUT2D eigenvalue weighted by Gasteiger charge is 2.29. The SMILES string of the molecule is Cc1ccc(C2=c3cc(C)ccc3=C3C2=c2ccc(C)cc2=C3c2ccc(C)cc2)cc1. The number of rotatable bonds is 2. The first-order chi connectivity index (χ1) is 15.5. The fourth-order valence-corrected chi connectivity index (χ4v) is 5.26. The third kappa shape index (κ3) is 2.76. The van der Waals surface area contributed by atoms with Gasteiger partial charge in [0.25, 0.3) is 0 Å². The Morgan fingerprint density at radius 2 is 0.656 bits per heavy atom. The summed E-state index contributed by atoms with van der Waals surface area (Å²) in [5.74, 6) is 0. The van der Waals surface area contributed by atoms with Crippen molar-refractivity contribution < 1.29 is 0 Å². The fourth-order valence-electron chi connectivity index (χ4n) is 5.26. The maximum atomic E-state index is 2.36. The van der Waals surface area contributed by atoms with Crippen LogP contribution >= 0.6 is 0 Å². The first-order valence-corrected chi connectivity index (χ1v) is 11.4. The molecule has 154 valence electrons. The smallest absolute Gasteiger partial charge is 0.000763 e. The average molecular weight is 411 g/mol. The molecular weight excluding hydrogens is 384 g/mol. The van der Waals surface area contributed by atoms with E-state index in [1.54, 1.807) is 0 Å². The summed E-state index contributed by atoms with van der Waals surface area (Å²) in [6, 6.07) is 31.9. The van der Waals surface area contributed by atoms with E-state index in [4.69, 9.17) is 0 Å². The Hall–Kier alpha value is -3.64. The van der Waals surface area contributed by atoms with E-state index in [9.17, 15) is 0 Å². The first kappa shape index (κ1) is 19.1. The molecule has 0 nitrogen and oxygen atoms in total. The zero-order chi connectivity index (χ0) is 22.0. The van der Waals surface area contributed by atoms with Crippen LogP contribution in [0.5, 0.6) is 0 Å². The minimum Gasteiger partial charge on any atom is -0.0587 e. The topological polar surface area (TPSA) is 0 Å². The van der Waals surface area contributed by atoms with Crippen LogP contribution < -0.4 is 20.9 Å². The highest BCUT2D eigenvalue weighted by atomic mass is 14.3. The maximum absolute atomic E-state index is 2.36. The average Bonchev–Trinajstić information content (AvgIpc) is 3.26. The second-order valence-electron chi connectivity index (χ2n) is 9.33. The second kappa shape index (κ2) is 6.93. The summed E-state index contributed by atoms with van der Waals surface area (Å²) in [5.41, 5.74) is 13.3. The molecule has 0 aromatic heterocycles. The Labute approximate surface area is 189 Å². The van der Waals surface area contributed by atoms with E-state index in [-0.39, 0.29) is 0 Å². The summed E-state index contributed by atoms with van der Waals surface area (Å²) in [6.45, 7) is 8.70. The van der Waals surface area contributed by atoms with Gasteiger partial charge in [0.15, 0.2) is 0 Å². The number of aryl methyl sites for hydroxylation is 4. The summed E-state index contributed by atoms with van der Waals surface area (Å²) in [6.07, 6.45) is 0. The van der Waals surface area contributed by atoms with Gasteiger partial charge in [0.1, 0.15) is 0 Å². The zero-order valence-corrected chi connectivity index (χ0v) is 19.1. The molecule has 0 aliphatic heterocycles. The van der Waals surface area contributed by atoms with Gasteiger partial charge in [0, 0.05) is 0 Å². The van der Waals surface area contributed by atoms with Crippen LogP contribution in [-0.2, 0) is 0 Å². The molecule has 6 rings (SSSR count). The molecule has 4 aromatic rings. The van der Waals surface area contributed by atoms with Crippen molar-refractivity contribution in [1.82, 2.24) is 0 Å². The van der Waals surface area contributed by atoms with Crippen molar-refractivity contribution >= 4 is 22.3 Å². The molecular formula is C32H26. The Balaban J connectivity index is 1.81. The Morgan fingerprint density at radius 3 is 1.03 bits per heavy atom. The molecule has 2 aliphatic rings. The molecule has 0 heteroatoms. The minimum atomic E-state index is 1.29. The van der Waals surface area contributed by atoms with Crippen LogP contribution in [0.4, 0.5) is 0 Å².